The first kappa shape index (κ1) is 17.7. The fraction of sp³-hybridized carbons (Fsp3) is 0.176. The van der Waals surface area contributed by atoms with Gasteiger partial charge < -0.3 is 14.8 Å². The normalized spacial score (nSPS) is 10.5. The largest absolute Gasteiger partial charge is 0.447 e. The lowest BCUT2D eigenvalue weighted by atomic mass is 10.2. The van der Waals surface area contributed by atoms with Crippen LogP contribution in [0.4, 0.5) is 16.2 Å². The number of anilines is 2. The van der Waals surface area contributed by atoms with E-state index < -0.39 is 6.09 Å². The average molecular weight is 346 g/mol. The molecule has 2 N–H and O–H groups in total. The van der Waals surface area contributed by atoms with Crippen LogP contribution in [0, 0.1) is 0 Å². The van der Waals surface area contributed by atoms with Gasteiger partial charge in [-0.2, -0.15) is 11.3 Å². The maximum absolute atomic E-state index is 11.9. The molecular weight excluding hydrogens is 328 g/mol. The van der Waals surface area contributed by atoms with Crippen molar-refractivity contribution < 1.29 is 19.1 Å². The molecule has 7 heteroatoms. The number of benzene rings is 1. The molecule has 0 aliphatic rings. The fourth-order valence-corrected chi connectivity index (χ4v) is 2.40. The third-order valence-corrected chi connectivity index (χ3v) is 3.57. The quantitative estimate of drug-likeness (QED) is 0.593. The van der Waals surface area contributed by atoms with E-state index in [2.05, 4.69) is 10.6 Å². The maximum atomic E-state index is 11.9. The van der Waals surface area contributed by atoms with Gasteiger partial charge in [-0.05, 0) is 46.7 Å². The van der Waals surface area contributed by atoms with Crippen molar-refractivity contribution in [3.05, 3.63) is 52.7 Å². The third-order valence-electron chi connectivity index (χ3n) is 2.87. The average Bonchev–Trinajstić information content (AvgIpc) is 3.07. The Bertz CT molecular complexity index is 698. The first-order valence-electron chi connectivity index (χ1n) is 7.21. The Kier molecular flexibility index (Phi) is 7.00. The molecule has 24 heavy (non-hydrogen) atoms. The van der Waals surface area contributed by atoms with E-state index in [0.29, 0.717) is 18.0 Å². The smallest absolute Gasteiger partial charge is 0.411 e. The van der Waals surface area contributed by atoms with Gasteiger partial charge in [0.25, 0.3) is 0 Å². The lowest BCUT2D eigenvalue weighted by Gasteiger charge is -2.08. The second kappa shape index (κ2) is 9.49. The minimum atomic E-state index is -0.576. The number of thiophene rings is 1. The molecular formula is C17H18N2O4S. The number of carbonyl (C=O) groups is 2. The number of methoxy groups -OCH3 is 1. The Morgan fingerprint density at radius 1 is 1.17 bits per heavy atom. The summed E-state index contributed by atoms with van der Waals surface area (Å²) < 4.78 is 9.71. The highest BCUT2D eigenvalue weighted by atomic mass is 32.1. The molecule has 0 saturated carbocycles. The van der Waals surface area contributed by atoms with Gasteiger partial charge in [0.2, 0.25) is 5.91 Å². The van der Waals surface area contributed by atoms with E-state index in [0.717, 1.165) is 5.56 Å². The second-order valence-corrected chi connectivity index (χ2v) is 5.49. The Morgan fingerprint density at radius 3 is 2.67 bits per heavy atom. The standard InChI is InChI=1S/C17H18N2O4S/c1-22-8-9-23-17(21)19-15-4-2-3-14(11-15)18-16(20)6-5-13-7-10-24-12-13/h2-7,10-12H,8-9H2,1H3,(H,18,20)(H,19,21)/b6-5+. The summed E-state index contributed by atoms with van der Waals surface area (Å²) in [6, 6.07) is 8.73. The molecule has 0 bridgehead atoms. The van der Waals surface area contributed by atoms with Crippen LogP contribution in [0.2, 0.25) is 0 Å². The highest BCUT2D eigenvalue weighted by molar-refractivity contribution is 7.08. The Labute approximate surface area is 144 Å². The molecule has 0 aliphatic heterocycles. The van der Waals surface area contributed by atoms with Crippen molar-refractivity contribution in [2.75, 3.05) is 31.0 Å². The van der Waals surface area contributed by atoms with Crippen molar-refractivity contribution in [1.29, 1.82) is 0 Å². The zero-order chi connectivity index (χ0) is 17.2. The summed E-state index contributed by atoms with van der Waals surface area (Å²) in [5.41, 5.74) is 2.08. The van der Waals surface area contributed by atoms with Crippen molar-refractivity contribution in [2.24, 2.45) is 0 Å². The van der Waals surface area contributed by atoms with Crippen LogP contribution in [0.3, 0.4) is 0 Å². The van der Waals surface area contributed by atoms with Gasteiger partial charge >= 0.3 is 6.09 Å². The van der Waals surface area contributed by atoms with Crippen molar-refractivity contribution in [1.82, 2.24) is 0 Å². The lowest BCUT2D eigenvalue weighted by molar-refractivity contribution is -0.111. The van der Waals surface area contributed by atoms with Crippen LogP contribution in [0.25, 0.3) is 6.08 Å². The van der Waals surface area contributed by atoms with Crippen LogP contribution in [0.15, 0.2) is 47.2 Å². The van der Waals surface area contributed by atoms with Crippen molar-refractivity contribution in [3.8, 4) is 0 Å². The SMILES string of the molecule is COCCOC(=O)Nc1cccc(NC(=O)/C=C/c2ccsc2)c1. The summed E-state index contributed by atoms with van der Waals surface area (Å²) in [5, 5.41) is 9.21. The van der Waals surface area contributed by atoms with Gasteiger partial charge in [0.15, 0.2) is 0 Å². The van der Waals surface area contributed by atoms with Crippen LogP contribution >= 0.6 is 11.3 Å². The van der Waals surface area contributed by atoms with Gasteiger partial charge in [0.1, 0.15) is 6.61 Å². The van der Waals surface area contributed by atoms with Crippen molar-refractivity contribution >= 4 is 40.8 Å². The number of rotatable bonds is 7. The molecule has 1 aromatic heterocycles. The van der Waals surface area contributed by atoms with Crippen LogP contribution in [0.1, 0.15) is 5.56 Å². The number of amides is 2. The Balaban J connectivity index is 1.87. The van der Waals surface area contributed by atoms with Crippen molar-refractivity contribution in [3.63, 3.8) is 0 Å². The Morgan fingerprint density at radius 2 is 1.96 bits per heavy atom. The molecule has 0 saturated heterocycles. The summed E-state index contributed by atoms with van der Waals surface area (Å²) in [6.07, 6.45) is 2.62. The van der Waals surface area contributed by atoms with E-state index in [9.17, 15) is 9.59 Å². The third kappa shape index (κ3) is 6.23. The van der Waals surface area contributed by atoms with Crippen LogP contribution in [-0.2, 0) is 14.3 Å². The first-order chi connectivity index (χ1) is 11.7. The van der Waals surface area contributed by atoms with Crippen LogP contribution in [0.5, 0.6) is 0 Å². The molecule has 1 heterocycles. The molecule has 2 amide bonds. The van der Waals surface area contributed by atoms with Crippen LogP contribution in [-0.4, -0.2) is 32.3 Å². The van der Waals surface area contributed by atoms with Gasteiger partial charge in [-0.3, -0.25) is 10.1 Å². The monoisotopic (exact) mass is 346 g/mol. The van der Waals surface area contributed by atoms with Gasteiger partial charge in [-0.15, -0.1) is 0 Å². The molecule has 0 fully saturated rings. The van der Waals surface area contributed by atoms with Crippen molar-refractivity contribution in [2.45, 2.75) is 0 Å². The molecule has 2 aromatic rings. The zero-order valence-corrected chi connectivity index (χ0v) is 14.0. The van der Waals surface area contributed by atoms with Gasteiger partial charge in [0, 0.05) is 24.6 Å². The number of nitrogens with one attached hydrogen (secondary N) is 2. The van der Waals surface area contributed by atoms with Gasteiger partial charge in [-0.25, -0.2) is 4.79 Å². The topological polar surface area (TPSA) is 76.7 Å². The molecule has 2 rings (SSSR count). The van der Waals surface area contributed by atoms with E-state index in [1.54, 1.807) is 41.7 Å². The molecule has 0 atom stereocenters. The van der Waals surface area contributed by atoms with Gasteiger partial charge in [-0.1, -0.05) is 6.07 Å². The first-order valence-corrected chi connectivity index (χ1v) is 8.15. The number of hydrogen-bond acceptors (Lipinski definition) is 5. The molecule has 0 spiro atoms. The van der Waals surface area contributed by atoms with Gasteiger partial charge in [0.05, 0.1) is 6.61 Å². The molecule has 0 aliphatic carbocycles. The summed E-state index contributed by atoms with van der Waals surface area (Å²) in [7, 11) is 1.53. The highest BCUT2D eigenvalue weighted by Gasteiger charge is 2.04. The number of carbonyl (C=O) groups excluding carboxylic acids is 2. The summed E-state index contributed by atoms with van der Waals surface area (Å²) in [6.45, 7) is 0.506. The second-order valence-electron chi connectivity index (χ2n) is 4.71. The Hall–Kier alpha value is -2.64. The molecule has 6 nitrogen and oxygen atoms in total. The van der Waals surface area contributed by atoms with E-state index in [1.165, 1.54) is 13.2 Å². The fourth-order valence-electron chi connectivity index (χ4n) is 1.77. The summed E-state index contributed by atoms with van der Waals surface area (Å²) >= 11 is 1.57. The van der Waals surface area contributed by atoms with E-state index >= 15 is 0 Å². The highest BCUT2D eigenvalue weighted by Crippen LogP contribution is 2.15. The predicted molar refractivity (Wildman–Crippen MR) is 95.3 cm³/mol. The molecule has 1 aromatic carbocycles. The maximum Gasteiger partial charge on any atom is 0.411 e. The zero-order valence-electron chi connectivity index (χ0n) is 13.2. The van der Waals surface area contributed by atoms with E-state index in [-0.39, 0.29) is 12.5 Å². The van der Waals surface area contributed by atoms with Crippen LogP contribution < -0.4 is 10.6 Å². The van der Waals surface area contributed by atoms with E-state index in [1.807, 2.05) is 16.8 Å². The number of ether oxygens (including phenoxy) is 2. The molecule has 0 unspecified atom stereocenters. The van der Waals surface area contributed by atoms with E-state index in [4.69, 9.17) is 9.47 Å². The lowest BCUT2D eigenvalue weighted by Crippen LogP contribution is -2.16. The molecule has 126 valence electrons. The predicted octanol–water partition coefficient (Wildman–Crippen LogP) is 3.59. The minimum Gasteiger partial charge on any atom is -0.447 e. The summed E-state index contributed by atoms with van der Waals surface area (Å²) in [5.74, 6) is -0.249. The minimum absolute atomic E-state index is 0.173. The number of hydrogen-bond donors (Lipinski definition) is 2. The molecule has 0 radical (unpaired) electrons. The summed E-state index contributed by atoms with van der Waals surface area (Å²) in [4.78, 5) is 23.5.